The topological polar surface area (TPSA) is 139 Å². The summed E-state index contributed by atoms with van der Waals surface area (Å²) in [6.45, 7) is -0.443. The molecule has 9 heteroatoms. The molecule has 2 atom stereocenters. The molecule has 0 saturated carbocycles. The minimum atomic E-state index is -1.15. The minimum Gasteiger partial charge on any atom is -0.394 e. The number of aliphatic hydroxyl groups excluding tert-OH is 2. The van der Waals surface area contributed by atoms with Crippen molar-refractivity contribution in [2.45, 2.75) is 12.1 Å². The van der Waals surface area contributed by atoms with Crippen LogP contribution in [0.15, 0.2) is 53.5 Å². The van der Waals surface area contributed by atoms with Crippen LogP contribution in [0.4, 0.5) is 11.4 Å². The molecule has 0 bridgehead atoms. The van der Waals surface area contributed by atoms with E-state index >= 15 is 0 Å². The predicted octanol–water partition coefficient (Wildman–Crippen LogP) is 2.02. The van der Waals surface area contributed by atoms with Gasteiger partial charge >= 0.3 is 0 Å². The summed E-state index contributed by atoms with van der Waals surface area (Å²) in [5, 5.41) is 40.9. The van der Waals surface area contributed by atoms with Crippen LogP contribution in [0.1, 0.15) is 17.2 Å². The van der Waals surface area contributed by atoms with Gasteiger partial charge in [-0.3, -0.25) is 25.2 Å². The van der Waals surface area contributed by atoms with Gasteiger partial charge < -0.3 is 10.2 Å². The fourth-order valence-corrected chi connectivity index (χ4v) is 2.11. The van der Waals surface area contributed by atoms with Gasteiger partial charge in [0, 0.05) is 30.5 Å². The van der Waals surface area contributed by atoms with Crippen molar-refractivity contribution in [1.29, 1.82) is 0 Å². The monoisotopic (exact) mass is 345 g/mol. The van der Waals surface area contributed by atoms with Crippen LogP contribution in [0, 0.1) is 20.2 Å². The van der Waals surface area contributed by atoms with E-state index in [1.165, 1.54) is 54.7 Å². The highest BCUT2D eigenvalue weighted by Crippen LogP contribution is 2.22. The Morgan fingerprint density at radius 3 is 1.88 bits per heavy atom. The molecule has 2 aromatic rings. The third-order valence-corrected chi connectivity index (χ3v) is 3.52. The second-order valence-electron chi connectivity index (χ2n) is 5.17. The van der Waals surface area contributed by atoms with Crippen LogP contribution in [-0.4, -0.2) is 38.9 Å². The number of rotatable bonds is 7. The highest BCUT2D eigenvalue weighted by molar-refractivity contribution is 5.80. The maximum atomic E-state index is 10.6. The summed E-state index contributed by atoms with van der Waals surface area (Å²) in [5.74, 6) is 0. The van der Waals surface area contributed by atoms with E-state index in [4.69, 9.17) is 0 Å². The molecule has 0 heterocycles. The maximum absolute atomic E-state index is 10.6. The lowest BCUT2D eigenvalue weighted by molar-refractivity contribution is -0.385. The van der Waals surface area contributed by atoms with Gasteiger partial charge in [0.15, 0.2) is 0 Å². The van der Waals surface area contributed by atoms with Crippen molar-refractivity contribution in [3.05, 3.63) is 79.9 Å². The number of aliphatic imine (C=N–C) groups is 1. The van der Waals surface area contributed by atoms with E-state index in [0.717, 1.165) is 0 Å². The van der Waals surface area contributed by atoms with E-state index in [1.54, 1.807) is 0 Å². The van der Waals surface area contributed by atoms with Crippen LogP contribution in [0.2, 0.25) is 0 Å². The van der Waals surface area contributed by atoms with Crippen LogP contribution in [0.25, 0.3) is 0 Å². The van der Waals surface area contributed by atoms with Gasteiger partial charge in [-0.25, -0.2) is 0 Å². The third-order valence-electron chi connectivity index (χ3n) is 3.52. The Bertz CT molecular complexity index is 773. The highest BCUT2D eigenvalue weighted by atomic mass is 16.6. The molecule has 2 N–H and O–H groups in total. The second-order valence-corrected chi connectivity index (χ2v) is 5.17. The first-order valence-electron chi connectivity index (χ1n) is 7.23. The molecule has 0 spiro atoms. The summed E-state index contributed by atoms with van der Waals surface area (Å²) in [6, 6.07) is 10.1. The molecular formula is C16H15N3O6. The molecule has 0 saturated heterocycles. The lowest BCUT2D eigenvalue weighted by Gasteiger charge is -2.17. The van der Waals surface area contributed by atoms with Crippen molar-refractivity contribution in [3.8, 4) is 0 Å². The first kappa shape index (κ1) is 18.2. The largest absolute Gasteiger partial charge is 0.394 e. The van der Waals surface area contributed by atoms with Gasteiger partial charge in [0.05, 0.1) is 16.5 Å². The summed E-state index contributed by atoms with van der Waals surface area (Å²) in [7, 11) is 0. The Morgan fingerprint density at radius 2 is 1.44 bits per heavy atom. The fourth-order valence-electron chi connectivity index (χ4n) is 2.11. The highest BCUT2D eigenvalue weighted by Gasteiger charge is 2.20. The van der Waals surface area contributed by atoms with E-state index in [-0.39, 0.29) is 11.4 Å². The van der Waals surface area contributed by atoms with Crippen LogP contribution in [0.3, 0.4) is 0 Å². The molecule has 9 nitrogen and oxygen atoms in total. The number of benzene rings is 2. The summed E-state index contributed by atoms with van der Waals surface area (Å²) >= 11 is 0. The number of hydrogen-bond donors (Lipinski definition) is 2. The van der Waals surface area contributed by atoms with Gasteiger partial charge in [-0.15, -0.1) is 0 Å². The maximum Gasteiger partial charge on any atom is 0.269 e. The number of hydrogen-bond acceptors (Lipinski definition) is 7. The van der Waals surface area contributed by atoms with Crippen LogP contribution in [-0.2, 0) is 0 Å². The van der Waals surface area contributed by atoms with Gasteiger partial charge in [0.25, 0.3) is 11.4 Å². The zero-order valence-electron chi connectivity index (χ0n) is 12.9. The quantitative estimate of drug-likeness (QED) is 0.447. The van der Waals surface area contributed by atoms with Crippen molar-refractivity contribution < 1.29 is 20.1 Å². The molecule has 0 fully saturated rings. The lowest BCUT2D eigenvalue weighted by Crippen LogP contribution is -2.21. The Hall–Kier alpha value is -3.17. The van der Waals surface area contributed by atoms with Crippen molar-refractivity contribution in [2.24, 2.45) is 4.99 Å². The van der Waals surface area contributed by atoms with Crippen LogP contribution >= 0.6 is 0 Å². The molecule has 2 aromatic carbocycles. The third kappa shape index (κ3) is 4.66. The fraction of sp³-hybridized carbons (Fsp3) is 0.188. The second kappa shape index (κ2) is 8.08. The zero-order chi connectivity index (χ0) is 18.4. The van der Waals surface area contributed by atoms with Crippen molar-refractivity contribution >= 4 is 17.6 Å². The Morgan fingerprint density at radius 1 is 0.960 bits per heavy atom. The molecule has 130 valence electrons. The van der Waals surface area contributed by atoms with Crippen LogP contribution in [0.5, 0.6) is 0 Å². The van der Waals surface area contributed by atoms with E-state index in [9.17, 15) is 30.4 Å². The molecule has 2 rings (SSSR count). The minimum absolute atomic E-state index is 0.0539. The smallest absolute Gasteiger partial charge is 0.269 e. The Kier molecular flexibility index (Phi) is 5.88. The zero-order valence-corrected chi connectivity index (χ0v) is 12.9. The SMILES string of the molecule is O=[N+]([O-])c1ccc(C=N[C@@H](CO)[C@@H](O)c2ccc([N+](=O)[O-])cc2)cc1. The van der Waals surface area contributed by atoms with Gasteiger partial charge in [-0.2, -0.15) is 0 Å². The van der Waals surface area contributed by atoms with Gasteiger partial charge in [-0.05, 0) is 35.4 Å². The number of nitro groups is 2. The van der Waals surface area contributed by atoms with Crippen molar-refractivity contribution in [2.75, 3.05) is 6.61 Å². The summed E-state index contributed by atoms with van der Waals surface area (Å²) < 4.78 is 0. The molecule has 0 unspecified atom stereocenters. The van der Waals surface area contributed by atoms with E-state index in [1.807, 2.05) is 0 Å². The molecule has 0 aromatic heterocycles. The van der Waals surface area contributed by atoms with E-state index in [2.05, 4.69) is 4.99 Å². The van der Waals surface area contributed by atoms with Gasteiger partial charge in [0.2, 0.25) is 0 Å². The van der Waals surface area contributed by atoms with Gasteiger partial charge in [-0.1, -0.05) is 0 Å². The molecule has 0 radical (unpaired) electrons. The number of nitro benzene ring substituents is 2. The Labute approximate surface area is 142 Å². The first-order valence-corrected chi connectivity index (χ1v) is 7.23. The molecular weight excluding hydrogens is 330 g/mol. The van der Waals surface area contributed by atoms with E-state index < -0.39 is 28.6 Å². The van der Waals surface area contributed by atoms with Gasteiger partial charge in [0.1, 0.15) is 12.1 Å². The normalized spacial score (nSPS) is 13.5. The number of nitrogens with zero attached hydrogens (tertiary/aromatic N) is 3. The summed E-state index contributed by atoms with van der Waals surface area (Å²) in [4.78, 5) is 24.3. The summed E-state index contributed by atoms with van der Waals surface area (Å²) in [5.41, 5.74) is 0.790. The molecule has 0 aliphatic carbocycles. The number of aliphatic hydroxyl groups is 2. The van der Waals surface area contributed by atoms with Crippen molar-refractivity contribution in [3.63, 3.8) is 0 Å². The molecule has 0 aliphatic heterocycles. The predicted molar refractivity (Wildman–Crippen MR) is 89.6 cm³/mol. The molecule has 25 heavy (non-hydrogen) atoms. The average molecular weight is 345 g/mol. The average Bonchev–Trinajstić information content (AvgIpc) is 2.62. The van der Waals surface area contributed by atoms with Crippen LogP contribution < -0.4 is 0 Å². The Balaban J connectivity index is 2.12. The molecule has 0 amide bonds. The molecule has 0 aliphatic rings. The van der Waals surface area contributed by atoms with E-state index in [0.29, 0.717) is 11.1 Å². The number of non-ortho nitro benzene ring substituents is 2. The first-order chi connectivity index (χ1) is 11.9. The lowest BCUT2D eigenvalue weighted by atomic mass is 10.0. The standard InChI is InChI=1S/C16H15N3O6/c20-10-15(16(21)12-3-7-14(8-4-12)19(24)25)17-9-11-1-5-13(6-2-11)18(22)23/h1-9,15-16,20-21H,10H2/t15-,16-/m0/s1. The van der Waals surface area contributed by atoms with Crippen molar-refractivity contribution in [1.82, 2.24) is 0 Å². The summed E-state index contributed by atoms with van der Waals surface area (Å²) in [6.07, 6.45) is 0.235.